The lowest BCUT2D eigenvalue weighted by Crippen LogP contribution is -2.15. The van der Waals surface area contributed by atoms with Gasteiger partial charge in [-0.2, -0.15) is 0 Å². The highest BCUT2D eigenvalue weighted by Gasteiger charge is 2.34. The average Bonchev–Trinajstić information content (AvgIpc) is 2.87. The molecular formula is C11H13NO4. The highest BCUT2D eigenvalue weighted by molar-refractivity contribution is 5.93. The molecule has 0 amide bonds. The van der Waals surface area contributed by atoms with Gasteiger partial charge in [-0.1, -0.05) is 0 Å². The number of fused-ring (bicyclic) bond motifs is 1. The van der Waals surface area contributed by atoms with E-state index in [9.17, 15) is 9.59 Å². The van der Waals surface area contributed by atoms with Crippen molar-refractivity contribution in [2.45, 2.75) is 18.9 Å². The zero-order valence-corrected chi connectivity index (χ0v) is 9.23. The van der Waals surface area contributed by atoms with Crippen LogP contribution < -0.4 is 0 Å². The van der Waals surface area contributed by atoms with Gasteiger partial charge >= 0.3 is 11.9 Å². The molecule has 2 rings (SSSR count). The van der Waals surface area contributed by atoms with Crippen LogP contribution in [0.5, 0.6) is 0 Å². The molecule has 5 nitrogen and oxygen atoms in total. The molecular weight excluding hydrogens is 210 g/mol. The average molecular weight is 223 g/mol. The molecule has 0 spiro atoms. The quantitative estimate of drug-likeness (QED) is 0.700. The normalized spacial score (nSPS) is 18.0. The summed E-state index contributed by atoms with van der Waals surface area (Å²) in [5.74, 6) is -1.07. The molecule has 5 heteroatoms. The lowest BCUT2D eigenvalue weighted by atomic mass is 10.0. The Morgan fingerprint density at radius 2 is 2.12 bits per heavy atom. The molecule has 1 aromatic rings. The van der Waals surface area contributed by atoms with E-state index in [4.69, 9.17) is 4.74 Å². The molecule has 86 valence electrons. The number of hydrogen-bond donors (Lipinski definition) is 0. The summed E-state index contributed by atoms with van der Waals surface area (Å²) in [5.41, 5.74) is 1.16. The lowest BCUT2D eigenvalue weighted by Gasteiger charge is -2.08. The molecule has 1 aliphatic heterocycles. The van der Waals surface area contributed by atoms with Gasteiger partial charge in [0.15, 0.2) is 0 Å². The fraction of sp³-hybridized carbons (Fsp3) is 0.455. The number of ether oxygens (including phenoxy) is 2. The number of hydrogen-bond acceptors (Lipinski definition) is 4. The van der Waals surface area contributed by atoms with Crippen molar-refractivity contribution >= 4 is 11.9 Å². The lowest BCUT2D eigenvalue weighted by molar-refractivity contribution is -0.142. The van der Waals surface area contributed by atoms with E-state index in [2.05, 4.69) is 4.74 Å². The first-order valence-corrected chi connectivity index (χ1v) is 5.04. The van der Waals surface area contributed by atoms with Crippen LogP contribution in [-0.4, -0.2) is 30.7 Å². The van der Waals surface area contributed by atoms with Crippen molar-refractivity contribution in [1.82, 2.24) is 4.57 Å². The molecule has 1 aliphatic rings. The first kappa shape index (κ1) is 10.7. The number of rotatable bonds is 2. The van der Waals surface area contributed by atoms with Crippen LogP contribution in [0.1, 0.15) is 28.4 Å². The summed E-state index contributed by atoms with van der Waals surface area (Å²) in [5, 5.41) is 0. The van der Waals surface area contributed by atoms with Crippen LogP contribution in [0.2, 0.25) is 0 Å². The van der Waals surface area contributed by atoms with Crippen LogP contribution in [0.15, 0.2) is 12.3 Å². The van der Waals surface area contributed by atoms with Crippen molar-refractivity contribution in [2.75, 3.05) is 14.2 Å². The highest BCUT2D eigenvalue weighted by atomic mass is 16.5. The zero-order chi connectivity index (χ0) is 11.7. The number of methoxy groups -OCH3 is 2. The Kier molecular flexibility index (Phi) is 2.68. The molecule has 0 aliphatic carbocycles. The monoisotopic (exact) mass is 223 g/mol. The van der Waals surface area contributed by atoms with Crippen molar-refractivity contribution in [3.8, 4) is 0 Å². The molecule has 0 saturated carbocycles. The van der Waals surface area contributed by atoms with Gasteiger partial charge in [-0.15, -0.1) is 0 Å². The fourth-order valence-electron chi connectivity index (χ4n) is 2.13. The van der Waals surface area contributed by atoms with Gasteiger partial charge in [0.05, 0.1) is 25.7 Å². The Morgan fingerprint density at radius 1 is 1.38 bits per heavy atom. The maximum Gasteiger partial charge on any atom is 0.339 e. The number of aromatic nitrogens is 1. The minimum Gasteiger partial charge on any atom is -0.469 e. The van der Waals surface area contributed by atoms with Crippen molar-refractivity contribution in [3.05, 3.63) is 23.5 Å². The number of carbonyl (C=O) groups excluding carboxylic acids is 2. The second-order valence-electron chi connectivity index (χ2n) is 3.66. The van der Waals surface area contributed by atoms with E-state index in [0.29, 0.717) is 17.7 Å². The standard InChI is InChI=1S/C11H13NO4/c1-15-10(13)7-3-5-12-6-4-8(9(7)12)11(14)16-2/h3,5,8H,4,6H2,1-2H3. The van der Waals surface area contributed by atoms with E-state index in [1.54, 1.807) is 12.3 Å². The minimum atomic E-state index is -0.412. The third-order valence-corrected chi connectivity index (χ3v) is 2.89. The fourth-order valence-corrected chi connectivity index (χ4v) is 2.13. The molecule has 16 heavy (non-hydrogen) atoms. The van der Waals surface area contributed by atoms with Gasteiger partial charge in [-0.25, -0.2) is 4.79 Å². The van der Waals surface area contributed by atoms with Crippen LogP contribution in [0.25, 0.3) is 0 Å². The Morgan fingerprint density at radius 3 is 2.75 bits per heavy atom. The topological polar surface area (TPSA) is 57.5 Å². The highest BCUT2D eigenvalue weighted by Crippen LogP contribution is 2.32. The van der Waals surface area contributed by atoms with Crippen molar-refractivity contribution < 1.29 is 19.1 Å². The van der Waals surface area contributed by atoms with Crippen LogP contribution in [-0.2, 0) is 20.8 Å². The van der Waals surface area contributed by atoms with Gasteiger partial charge in [0.1, 0.15) is 0 Å². The molecule has 0 fully saturated rings. The number of carbonyl (C=O) groups is 2. The van der Waals surface area contributed by atoms with Crippen LogP contribution in [0.4, 0.5) is 0 Å². The molecule has 1 unspecified atom stereocenters. The minimum absolute atomic E-state index is 0.303. The van der Waals surface area contributed by atoms with Crippen molar-refractivity contribution in [1.29, 1.82) is 0 Å². The largest absolute Gasteiger partial charge is 0.469 e. The predicted molar refractivity (Wildman–Crippen MR) is 55.1 cm³/mol. The second-order valence-corrected chi connectivity index (χ2v) is 3.66. The van der Waals surface area contributed by atoms with E-state index in [1.165, 1.54) is 14.2 Å². The summed E-state index contributed by atoms with van der Waals surface area (Å²) in [6.45, 7) is 0.728. The second kappa shape index (κ2) is 4.00. The van der Waals surface area contributed by atoms with Gasteiger partial charge in [-0.3, -0.25) is 4.79 Å². The van der Waals surface area contributed by atoms with Gasteiger partial charge in [-0.05, 0) is 12.5 Å². The maximum atomic E-state index is 11.6. The maximum absolute atomic E-state index is 11.6. The Hall–Kier alpha value is -1.78. The van der Waals surface area contributed by atoms with Crippen LogP contribution in [0, 0.1) is 0 Å². The predicted octanol–water partition coefficient (Wildman–Crippen LogP) is 0.935. The van der Waals surface area contributed by atoms with Gasteiger partial charge < -0.3 is 14.0 Å². The molecule has 0 N–H and O–H groups in total. The van der Waals surface area contributed by atoms with Crippen molar-refractivity contribution in [3.63, 3.8) is 0 Å². The van der Waals surface area contributed by atoms with E-state index >= 15 is 0 Å². The molecule has 2 heterocycles. The number of esters is 2. The van der Waals surface area contributed by atoms with Crippen molar-refractivity contribution in [2.24, 2.45) is 0 Å². The van der Waals surface area contributed by atoms with E-state index in [0.717, 1.165) is 6.54 Å². The molecule has 0 saturated heterocycles. The molecule has 0 bridgehead atoms. The summed E-state index contributed by atoms with van der Waals surface area (Å²) in [7, 11) is 2.68. The number of aryl methyl sites for hydroxylation is 1. The Balaban J connectivity index is 2.40. The Labute approximate surface area is 92.9 Å². The summed E-state index contributed by atoms with van der Waals surface area (Å²) >= 11 is 0. The third kappa shape index (κ3) is 1.48. The Bertz CT molecular complexity index is 435. The summed E-state index contributed by atoms with van der Waals surface area (Å²) in [4.78, 5) is 23.1. The van der Waals surface area contributed by atoms with E-state index in [1.807, 2.05) is 4.57 Å². The SMILES string of the molecule is COC(=O)c1ccn2c1C(C(=O)OC)CC2. The summed E-state index contributed by atoms with van der Waals surface area (Å²) in [6, 6.07) is 1.68. The molecule has 1 atom stereocenters. The summed E-state index contributed by atoms with van der Waals surface area (Å²) < 4.78 is 11.3. The van der Waals surface area contributed by atoms with Gasteiger partial charge in [0.25, 0.3) is 0 Å². The zero-order valence-electron chi connectivity index (χ0n) is 9.23. The van der Waals surface area contributed by atoms with Gasteiger partial charge in [0, 0.05) is 18.4 Å². The van der Waals surface area contributed by atoms with E-state index < -0.39 is 5.97 Å². The number of nitrogens with zero attached hydrogens (tertiary/aromatic N) is 1. The first-order valence-electron chi connectivity index (χ1n) is 5.04. The smallest absolute Gasteiger partial charge is 0.339 e. The summed E-state index contributed by atoms with van der Waals surface area (Å²) in [6.07, 6.45) is 2.47. The molecule has 0 radical (unpaired) electrons. The third-order valence-electron chi connectivity index (χ3n) is 2.89. The van der Waals surface area contributed by atoms with Crippen LogP contribution >= 0.6 is 0 Å². The molecule has 1 aromatic heterocycles. The van der Waals surface area contributed by atoms with Crippen LogP contribution in [0.3, 0.4) is 0 Å². The molecule has 0 aromatic carbocycles. The van der Waals surface area contributed by atoms with Gasteiger partial charge in [0.2, 0.25) is 0 Å². The van der Waals surface area contributed by atoms with E-state index in [-0.39, 0.29) is 11.9 Å². The first-order chi connectivity index (χ1) is 7.69.